The summed E-state index contributed by atoms with van der Waals surface area (Å²) in [5.74, 6) is 0. The summed E-state index contributed by atoms with van der Waals surface area (Å²) in [4.78, 5) is 10.8. The van der Waals surface area contributed by atoms with Crippen molar-refractivity contribution < 1.29 is 13.2 Å². The van der Waals surface area contributed by atoms with Crippen molar-refractivity contribution in [3.05, 3.63) is 51.8 Å². The van der Waals surface area contributed by atoms with Gasteiger partial charge in [0.2, 0.25) is 0 Å². The van der Waals surface area contributed by atoms with E-state index < -0.39 is 22.9 Å². The Labute approximate surface area is 105 Å². The molecule has 7 heteroatoms. The number of H-pyrrole nitrogens is 1. The molecule has 1 N–H and O–H groups in total. The maximum Gasteiger partial charge on any atom is 0.417 e. The molecule has 96 valence electrons. The molecular formula is C12H6F3N3O. The van der Waals surface area contributed by atoms with Gasteiger partial charge in [0.25, 0.3) is 5.56 Å². The van der Waals surface area contributed by atoms with E-state index in [4.69, 9.17) is 5.26 Å². The number of nitrogens with one attached hydrogen (secondary N) is 1. The van der Waals surface area contributed by atoms with Crippen LogP contribution in [0, 0.1) is 11.3 Å². The predicted molar refractivity (Wildman–Crippen MR) is 60.0 cm³/mol. The number of halogens is 3. The summed E-state index contributed by atoms with van der Waals surface area (Å²) in [5, 5.41) is 14.4. The van der Waals surface area contributed by atoms with Gasteiger partial charge < -0.3 is 0 Å². The summed E-state index contributed by atoms with van der Waals surface area (Å²) in [5.41, 5.74) is -1.58. The third kappa shape index (κ3) is 2.63. The number of benzene rings is 1. The highest BCUT2D eigenvalue weighted by Crippen LogP contribution is 2.34. The number of hydrogen-bond acceptors (Lipinski definition) is 3. The van der Waals surface area contributed by atoms with Crippen LogP contribution in [0.5, 0.6) is 0 Å². The molecule has 0 radical (unpaired) electrons. The van der Waals surface area contributed by atoms with Gasteiger partial charge in [-0.25, -0.2) is 5.10 Å². The normalized spacial score (nSPS) is 11.1. The van der Waals surface area contributed by atoms with Crippen molar-refractivity contribution in [2.24, 2.45) is 0 Å². The van der Waals surface area contributed by atoms with E-state index in [1.165, 1.54) is 18.2 Å². The van der Waals surface area contributed by atoms with Gasteiger partial charge in [0.1, 0.15) is 0 Å². The van der Waals surface area contributed by atoms with Gasteiger partial charge in [0.15, 0.2) is 0 Å². The van der Waals surface area contributed by atoms with Crippen LogP contribution in [0.1, 0.15) is 11.1 Å². The highest BCUT2D eigenvalue weighted by molar-refractivity contribution is 5.62. The number of rotatable bonds is 1. The lowest BCUT2D eigenvalue weighted by Gasteiger charge is -2.10. The van der Waals surface area contributed by atoms with Crippen LogP contribution >= 0.6 is 0 Å². The van der Waals surface area contributed by atoms with Crippen molar-refractivity contribution >= 4 is 0 Å². The van der Waals surface area contributed by atoms with Crippen LogP contribution < -0.4 is 5.56 Å². The largest absolute Gasteiger partial charge is 0.417 e. The van der Waals surface area contributed by atoms with E-state index in [9.17, 15) is 18.0 Å². The SMILES string of the molecule is N#Cc1ccc(-c2ccc(=O)[nH]n2)cc1C(F)(F)F. The van der Waals surface area contributed by atoms with Gasteiger partial charge in [-0.2, -0.15) is 23.5 Å². The second kappa shape index (κ2) is 4.57. The van der Waals surface area contributed by atoms with Gasteiger partial charge in [-0.3, -0.25) is 4.79 Å². The lowest BCUT2D eigenvalue weighted by molar-refractivity contribution is -0.137. The van der Waals surface area contributed by atoms with Crippen LogP contribution in [-0.4, -0.2) is 10.2 Å². The smallest absolute Gasteiger partial charge is 0.268 e. The molecule has 1 aromatic carbocycles. The molecule has 0 fully saturated rings. The van der Waals surface area contributed by atoms with Crippen molar-refractivity contribution in [2.45, 2.75) is 6.18 Å². The Morgan fingerprint density at radius 2 is 1.95 bits per heavy atom. The minimum absolute atomic E-state index is 0.169. The Morgan fingerprint density at radius 3 is 2.47 bits per heavy atom. The van der Waals surface area contributed by atoms with Crippen LogP contribution in [0.3, 0.4) is 0 Å². The summed E-state index contributed by atoms with van der Waals surface area (Å²) in [6.07, 6.45) is -4.62. The highest BCUT2D eigenvalue weighted by Gasteiger charge is 2.33. The number of nitriles is 1. The molecule has 1 heterocycles. The molecule has 0 aliphatic rings. The standard InChI is InChI=1S/C12H6F3N3O/c13-12(14,15)9-5-7(1-2-8(9)6-16)10-3-4-11(19)18-17-10/h1-5H,(H,18,19). The molecule has 0 aliphatic heterocycles. The quantitative estimate of drug-likeness (QED) is 0.860. The van der Waals surface area contributed by atoms with Crippen LogP contribution in [-0.2, 0) is 6.18 Å². The molecule has 4 nitrogen and oxygen atoms in total. The van der Waals surface area contributed by atoms with Crippen molar-refractivity contribution in [1.29, 1.82) is 5.26 Å². The molecule has 2 aromatic rings. The average Bonchev–Trinajstić information content (AvgIpc) is 2.38. The van der Waals surface area contributed by atoms with Gasteiger partial charge >= 0.3 is 6.18 Å². The summed E-state index contributed by atoms with van der Waals surface area (Å²) < 4.78 is 38.3. The third-order valence-corrected chi connectivity index (χ3v) is 2.42. The van der Waals surface area contributed by atoms with E-state index in [0.717, 1.165) is 18.2 Å². The molecule has 0 atom stereocenters. The molecule has 2 rings (SSSR count). The Hall–Kier alpha value is -2.62. The first-order valence-electron chi connectivity index (χ1n) is 5.09. The van der Waals surface area contributed by atoms with E-state index in [0.29, 0.717) is 0 Å². The number of aromatic amines is 1. The maximum absolute atomic E-state index is 12.8. The van der Waals surface area contributed by atoms with Crippen LogP contribution in [0.25, 0.3) is 11.3 Å². The Morgan fingerprint density at radius 1 is 1.21 bits per heavy atom. The molecular weight excluding hydrogens is 259 g/mol. The topological polar surface area (TPSA) is 69.5 Å². The minimum Gasteiger partial charge on any atom is -0.268 e. The summed E-state index contributed by atoms with van der Waals surface area (Å²) in [7, 11) is 0. The number of aromatic nitrogens is 2. The summed E-state index contributed by atoms with van der Waals surface area (Å²) in [6.45, 7) is 0. The van der Waals surface area contributed by atoms with Crippen molar-refractivity contribution in [3.63, 3.8) is 0 Å². The van der Waals surface area contributed by atoms with Crippen LogP contribution in [0.2, 0.25) is 0 Å². The fourth-order valence-electron chi connectivity index (χ4n) is 1.54. The Balaban J connectivity index is 2.59. The number of hydrogen-bond donors (Lipinski definition) is 1. The molecule has 0 amide bonds. The second-order valence-electron chi connectivity index (χ2n) is 3.68. The molecule has 0 bridgehead atoms. The number of nitrogens with zero attached hydrogens (tertiary/aromatic N) is 2. The van der Waals surface area contributed by atoms with Gasteiger partial charge in [-0.1, -0.05) is 6.07 Å². The first-order chi connectivity index (χ1) is 8.91. The zero-order valence-corrected chi connectivity index (χ0v) is 9.32. The van der Waals surface area contributed by atoms with Gasteiger partial charge in [-0.05, 0) is 18.2 Å². The summed E-state index contributed by atoms with van der Waals surface area (Å²) in [6, 6.07) is 7.21. The number of alkyl halides is 3. The van der Waals surface area contributed by atoms with E-state index in [1.807, 2.05) is 0 Å². The Bertz CT molecular complexity index is 693. The van der Waals surface area contributed by atoms with Crippen molar-refractivity contribution in [1.82, 2.24) is 10.2 Å². The van der Waals surface area contributed by atoms with Gasteiger partial charge in [-0.15, -0.1) is 0 Å². The molecule has 0 unspecified atom stereocenters. The summed E-state index contributed by atoms with van der Waals surface area (Å²) >= 11 is 0. The Kier molecular flexibility index (Phi) is 3.09. The van der Waals surface area contributed by atoms with Crippen LogP contribution in [0.4, 0.5) is 13.2 Å². The molecule has 1 aromatic heterocycles. The van der Waals surface area contributed by atoms with E-state index in [1.54, 1.807) is 0 Å². The van der Waals surface area contributed by atoms with E-state index in [-0.39, 0.29) is 11.3 Å². The molecule has 0 aliphatic carbocycles. The first-order valence-corrected chi connectivity index (χ1v) is 5.09. The van der Waals surface area contributed by atoms with Crippen LogP contribution in [0.15, 0.2) is 35.1 Å². The third-order valence-electron chi connectivity index (χ3n) is 2.42. The maximum atomic E-state index is 12.8. The van der Waals surface area contributed by atoms with Crippen molar-refractivity contribution in [3.8, 4) is 17.3 Å². The van der Waals surface area contributed by atoms with Crippen molar-refractivity contribution in [2.75, 3.05) is 0 Å². The zero-order chi connectivity index (χ0) is 14.0. The lowest BCUT2D eigenvalue weighted by Crippen LogP contribution is -2.09. The zero-order valence-electron chi connectivity index (χ0n) is 9.32. The molecule has 0 saturated heterocycles. The van der Waals surface area contributed by atoms with Gasteiger partial charge in [0.05, 0.1) is 22.9 Å². The minimum atomic E-state index is -4.62. The van der Waals surface area contributed by atoms with Gasteiger partial charge in [0, 0.05) is 11.6 Å². The lowest BCUT2D eigenvalue weighted by atomic mass is 10.0. The fourth-order valence-corrected chi connectivity index (χ4v) is 1.54. The van der Waals surface area contributed by atoms with E-state index in [2.05, 4.69) is 10.2 Å². The highest BCUT2D eigenvalue weighted by atomic mass is 19.4. The molecule has 0 saturated carbocycles. The predicted octanol–water partition coefficient (Wildman–Crippen LogP) is 2.33. The second-order valence-corrected chi connectivity index (χ2v) is 3.68. The average molecular weight is 265 g/mol. The molecule has 0 spiro atoms. The van der Waals surface area contributed by atoms with E-state index >= 15 is 0 Å². The monoisotopic (exact) mass is 265 g/mol. The first kappa shape index (κ1) is 12.8. The fraction of sp³-hybridized carbons (Fsp3) is 0.0833. The molecule has 19 heavy (non-hydrogen) atoms.